The lowest BCUT2D eigenvalue weighted by atomic mass is 10.1. The molecule has 0 saturated carbocycles. The zero-order valence-corrected chi connectivity index (χ0v) is 10.0. The van der Waals surface area contributed by atoms with Crippen LogP contribution in [0.5, 0.6) is 11.5 Å². The lowest BCUT2D eigenvalue weighted by Crippen LogP contribution is -2.15. The van der Waals surface area contributed by atoms with Crippen LogP contribution in [0.3, 0.4) is 0 Å². The van der Waals surface area contributed by atoms with Crippen LogP contribution in [-0.2, 0) is 6.42 Å². The fourth-order valence-electron chi connectivity index (χ4n) is 1.95. The summed E-state index contributed by atoms with van der Waals surface area (Å²) >= 11 is 0. The van der Waals surface area contributed by atoms with Gasteiger partial charge in [-0.05, 0) is 5.92 Å². The van der Waals surface area contributed by atoms with Crippen LogP contribution < -0.4 is 9.47 Å². The molecule has 17 heavy (non-hydrogen) atoms. The molecular formula is C13H15NO3. The molecule has 1 aliphatic rings. The van der Waals surface area contributed by atoms with E-state index >= 15 is 0 Å². The van der Waals surface area contributed by atoms with Gasteiger partial charge in [0.25, 0.3) is 0 Å². The van der Waals surface area contributed by atoms with Crippen LogP contribution in [0.25, 0.3) is 11.1 Å². The molecule has 4 nitrogen and oxygen atoms in total. The summed E-state index contributed by atoms with van der Waals surface area (Å²) in [5.41, 5.74) is 1.61. The number of ether oxygens (including phenoxy) is 2. The number of rotatable bonds is 2. The summed E-state index contributed by atoms with van der Waals surface area (Å²) < 4.78 is 16.7. The maximum Gasteiger partial charge on any atom is 0.195 e. The second-order valence-corrected chi connectivity index (χ2v) is 4.67. The van der Waals surface area contributed by atoms with Gasteiger partial charge in [-0.25, -0.2) is 4.98 Å². The van der Waals surface area contributed by atoms with Crippen LogP contribution in [0.4, 0.5) is 0 Å². The van der Waals surface area contributed by atoms with Crippen molar-refractivity contribution in [3.63, 3.8) is 0 Å². The standard InChI is InChI=1S/C13H15NO3/c1-8(2)5-13-14-9-6-11-12(7-10(9)17-13)16-4-3-15-11/h6-8H,3-5H2,1-2H3. The Morgan fingerprint density at radius 2 is 1.88 bits per heavy atom. The molecule has 0 unspecified atom stereocenters. The van der Waals surface area contributed by atoms with Crippen molar-refractivity contribution in [2.75, 3.05) is 13.2 Å². The molecule has 0 aliphatic carbocycles. The SMILES string of the molecule is CC(C)Cc1nc2cc3c(cc2o1)OCCO3. The molecule has 3 rings (SSSR count). The number of nitrogens with zero attached hydrogens (tertiary/aromatic N) is 1. The first-order chi connectivity index (χ1) is 8.22. The Kier molecular flexibility index (Phi) is 2.42. The van der Waals surface area contributed by atoms with E-state index in [-0.39, 0.29) is 0 Å². The summed E-state index contributed by atoms with van der Waals surface area (Å²) in [6.07, 6.45) is 0.848. The molecule has 0 atom stereocenters. The quantitative estimate of drug-likeness (QED) is 0.800. The van der Waals surface area contributed by atoms with Gasteiger partial charge in [0.05, 0.1) is 0 Å². The van der Waals surface area contributed by atoms with Gasteiger partial charge in [-0.15, -0.1) is 0 Å². The molecule has 0 amide bonds. The highest BCUT2D eigenvalue weighted by atomic mass is 16.6. The van der Waals surface area contributed by atoms with Gasteiger partial charge in [-0.3, -0.25) is 0 Å². The van der Waals surface area contributed by atoms with Gasteiger partial charge in [0.1, 0.15) is 18.7 Å². The minimum Gasteiger partial charge on any atom is -0.486 e. The van der Waals surface area contributed by atoms with Crippen molar-refractivity contribution in [1.82, 2.24) is 4.98 Å². The van der Waals surface area contributed by atoms with Crippen molar-refractivity contribution >= 4 is 11.1 Å². The van der Waals surface area contributed by atoms with Gasteiger partial charge in [-0.2, -0.15) is 0 Å². The minimum absolute atomic E-state index is 0.533. The molecule has 1 aromatic heterocycles. The first-order valence-corrected chi connectivity index (χ1v) is 5.91. The third-order valence-corrected chi connectivity index (χ3v) is 2.68. The Balaban J connectivity index is 2.03. The minimum atomic E-state index is 0.533. The number of hydrogen-bond acceptors (Lipinski definition) is 4. The van der Waals surface area contributed by atoms with Crippen LogP contribution in [0.2, 0.25) is 0 Å². The molecule has 0 N–H and O–H groups in total. The topological polar surface area (TPSA) is 44.5 Å². The van der Waals surface area contributed by atoms with Gasteiger partial charge in [-0.1, -0.05) is 13.8 Å². The molecule has 0 bridgehead atoms. The van der Waals surface area contributed by atoms with Crippen molar-refractivity contribution in [1.29, 1.82) is 0 Å². The van der Waals surface area contributed by atoms with E-state index in [1.54, 1.807) is 0 Å². The Morgan fingerprint density at radius 1 is 1.18 bits per heavy atom. The predicted octanol–water partition coefficient (Wildman–Crippen LogP) is 2.80. The number of oxazole rings is 1. The highest BCUT2D eigenvalue weighted by Crippen LogP contribution is 2.34. The maximum absolute atomic E-state index is 5.70. The Morgan fingerprint density at radius 3 is 2.59 bits per heavy atom. The summed E-state index contributed by atoms with van der Waals surface area (Å²) in [5, 5.41) is 0. The first-order valence-electron chi connectivity index (χ1n) is 5.91. The average molecular weight is 233 g/mol. The summed E-state index contributed by atoms with van der Waals surface area (Å²) in [4.78, 5) is 4.46. The van der Waals surface area contributed by atoms with Crippen molar-refractivity contribution in [2.24, 2.45) is 5.92 Å². The van der Waals surface area contributed by atoms with Gasteiger partial charge < -0.3 is 13.9 Å². The molecule has 0 spiro atoms. The number of aromatic nitrogens is 1. The molecule has 0 fully saturated rings. The van der Waals surface area contributed by atoms with Crippen LogP contribution in [0.15, 0.2) is 16.5 Å². The average Bonchev–Trinajstić information content (AvgIpc) is 2.65. The van der Waals surface area contributed by atoms with Crippen LogP contribution >= 0.6 is 0 Å². The predicted molar refractivity (Wildman–Crippen MR) is 63.5 cm³/mol. The molecule has 2 aromatic rings. The molecule has 90 valence electrons. The largest absolute Gasteiger partial charge is 0.486 e. The lowest BCUT2D eigenvalue weighted by molar-refractivity contribution is 0.172. The van der Waals surface area contributed by atoms with Gasteiger partial charge in [0.15, 0.2) is 23.0 Å². The second kappa shape index (κ2) is 3.95. The normalized spacial score (nSPS) is 14.5. The second-order valence-electron chi connectivity index (χ2n) is 4.67. The van der Waals surface area contributed by atoms with Crippen LogP contribution in [0, 0.1) is 5.92 Å². The molecule has 1 aromatic carbocycles. The van der Waals surface area contributed by atoms with Crippen molar-refractivity contribution < 1.29 is 13.9 Å². The van der Waals surface area contributed by atoms with Crippen molar-refractivity contribution in [2.45, 2.75) is 20.3 Å². The monoisotopic (exact) mass is 233 g/mol. The first kappa shape index (κ1) is 10.4. The number of benzene rings is 1. The molecule has 2 heterocycles. The molecular weight excluding hydrogens is 218 g/mol. The van der Waals surface area contributed by atoms with E-state index in [0.717, 1.165) is 34.9 Å². The van der Waals surface area contributed by atoms with E-state index in [2.05, 4.69) is 18.8 Å². The van der Waals surface area contributed by atoms with E-state index in [1.165, 1.54) is 0 Å². The Bertz CT molecular complexity index is 502. The molecule has 1 aliphatic heterocycles. The van der Waals surface area contributed by atoms with Gasteiger partial charge in [0, 0.05) is 18.6 Å². The summed E-state index contributed by atoms with van der Waals surface area (Å²) in [6, 6.07) is 3.75. The van der Waals surface area contributed by atoms with Crippen LogP contribution in [0.1, 0.15) is 19.7 Å². The van der Waals surface area contributed by atoms with E-state index in [9.17, 15) is 0 Å². The number of hydrogen-bond donors (Lipinski definition) is 0. The van der Waals surface area contributed by atoms with Gasteiger partial charge in [0.2, 0.25) is 0 Å². The van der Waals surface area contributed by atoms with Crippen LogP contribution in [-0.4, -0.2) is 18.2 Å². The Labute approximate surface area is 99.5 Å². The van der Waals surface area contributed by atoms with Crippen molar-refractivity contribution in [3.05, 3.63) is 18.0 Å². The highest BCUT2D eigenvalue weighted by Gasteiger charge is 2.16. The van der Waals surface area contributed by atoms with Gasteiger partial charge >= 0.3 is 0 Å². The summed E-state index contributed by atoms with van der Waals surface area (Å²) in [7, 11) is 0. The molecule has 4 heteroatoms. The fraction of sp³-hybridized carbons (Fsp3) is 0.462. The zero-order valence-electron chi connectivity index (χ0n) is 10.0. The highest BCUT2D eigenvalue weighted by molar-refractivity contribution is 5.77. The molecule has 0 radical (unpaired) electrons. The van der Waals surface area contributed by atoms with E-state index in [1.807, 2.05) is 12.1 Å². The molecule has 0 saturated heterocycles. The maximum atomic E-state index is 5.70. The third kappa shape index (κ3) is 1.95. The fourth-order valence-corrected chi connectivity index (χ4v) is 1.95. The third-order valence-electron chi connectivity index (χ3n) is 2.68. The number of fused-ring (bicyclic) bond motifs is 2. The van der Waals surface area contributed by atoms with Crippen molar-refractivity contribution in [3.8, 4) is 11.5 Å². The van der Waals surface area contributed by atoms with E-state index in [4.69, 9.17) is 13.9 Å². The van der Waals surface area contributed by atoms with E-state index in [0.29, 0.717) is 19.1 Å². The lowest BCUT2D eigenvalue weighted by Gasteiger charge is -2.17. The van der Waals surface area contributed by atoms with E-state index < -0.39 is 0 Å². The summed E-state index contributed by atoms with van der Waals surface area (Å²) in [5.74, 6) is 2.81. The zero-order chi connectivity index (χ0) is 11.8. The summed E-state index contributed by atoms with van der Waals surface area (Å²) in [6.45, 7) is 5.47. The Hall–Kier alpha value is -1.71. The smallest absolute Gasteiger partial charge is 0.195 e.